The fourth-order valence-electron chi connectivity index (χ4n) is 2.28. The summed E-state index contributed by atoms with van der Waals surface area (Å²) in [6, 6.07) is 9.08. The molecule has 0 radical (unpaired) electrons. The van der Waals surface area contributed by atoms with Crippen molar-refractivity contribution in [2.24, 2.45) is 5.41 Å². The van der Waals surface area contributed by atoms with Crippen molar-refractivity contribution < 1.29 is 9.90 Å². The van der Waals surface area contributed by atoms with Crippen molar-refractivity contribution in [1.29, 1.82) is 5.26 Å². The first-order valence-electron chi connectivity index (χ1n) is 6.40. The number of nitrogens with zero attached hydrogens (tertiary/aromatic N) is 1. The lowest BCUT2D eigenvalue weighted by molar-refractivity contribution is -0.128. The molecule has 0 aliphatic heterocycles. The highest BCUT2D eigenvalue weighted by molar-refractivity contribution is 5.79. The number of hydrogen-bond donors (Lipinski definition) is 2. The first-order chi connectivity index (χ1) is 8.93. The van der Waals surface area contributed by atoms with Crippen LogP contribution in [0.1, 0.15) is 31.4 Å². The highest BCUT2D eigenvalue weighted by Crippen LogP contribution is 2.40. The molecule has 1 saturated carbocycles. The van der Waals surface area contributed by atoms with Crippen molar-refractivity contribution in [2.75, 3.05) is 0 Å². The van der Waals surface area contributed by atoms with Crippen molar-refractivity contribution in [3.63, 3.8) is 0 Å². The molecule has 2 atom stereocenters. The number of benzene rings is 1. The number of hydrogen-bond acceptors (Lipinski definition) is 3. The largest absolute Gasteiger partial charge is 0.392 e. The van der Waals surface area contributed by atoms with Crippen LogP contribution in [0.2, 0.25) is 0 Å². The third-order valence-electron chi connectivity index (χ3n) is 4.00. The van der Waals surface area contributed by atoms with Crippen molar-refractivity contribution in [2.45, 2.75) is 38.8 Å². The van der Waals surface area contributed by atoms with E-state index >= 15 is 0 Å². The topological polar surface area (TPSA) is 73.1 Å². The van der Waals surface area contributed by atoms with Crippen LogP contribution in [0, 0.1) is 16.7 Å². The quantitative estimate of drug-likeness (QED) is 0.860. The van der Waals surface area contributed by atoms with E-state index in [0.29, 0.717) is 18.4 Å². The van der Waals surface area contributed by atoms with Gasteiger partial charge in [0.15, 0.2) is 0 Å². The zero-order chi connectivity index (χ0) is 14.0. The van der Waals surface area contributed by atoms with E-state index in [0.717, 1.165) is 5.56 Å². The molecule has 1 fully saturated rings. The molecule has 4 nitrogen and oxygen atoms in total. The van der Waals surface area contributed by atoms with Crippen LogP contribution in [-0.4, -0.2) is 23.2 Å². The molecule has 100 valence electrons. The summed E-state index contributed by atoms with van der Waals surface area (Å²) in [7, 11) is 0. The van der Waals surface area contributed by atoms with Gasteiger partial charge in [-0.05, 0) is 24.1 Å². The van der Waals surface area contributed by atoms with Gasteiger partial charge >= 0.3 is 0 Å². The molecule has 1 aromatic carbocycles. The van der Waals surface area contributed by atoms with Gasteiger partial charge in [-0.3, -0.25) is 4.79 Å². The summed E-state index contributed by atoms with van der Waals surface area (Å²) in [5, 5.41) is 21.3. The average molecular weight is 258 g/mol. The number of amides is 1. The highest BCUT2D eigenvalue weighted by atomic mass is 16.3. The number of nitrogens with one attached hydrogen (secondary N) is 1. The van der Waals surface area contributed by atoms with Crippen molar-refractivity contribution >= 4 is 5.91 Å². The molecule has 1 amide bonds. The van der Waals surface area contributed by atoms with Crippen molar-refractivity contribution in [1.82, 2.24) is 5.32 Å². The number of aliphatic hydroxyl groups excluding tert-OH is 1. The molecule has 4 heteroatoms. The molecule has 0 heterocycles. The number of rotatable bonds is 3. The Morgan fingerprint density at radius 1 is 1.47 bits per heavy atom. The number of nitriles is 1. The van der Waals surface area contributed by atoms with E-state index in [-0.39, 0.29) is 23.5 Å². The average Bonchev–Trinajstić information content (AvgIpc) is 2.39. The van der Waals surface area contributed by atoms with Crippen LogP contribution >= 0.6 is 0 Å². The van der Waals surface area contributed by atoms with Gasteiger partial charge in [-0.15, -0.1) is 0 Å². The van der Waals surface area contributed by atoms with Gasteiger partial charge in [-0.2, -0.15) is 5.26 Å². The summed E-state index contributed by atoms with van der Waals surface area (Å²) in [4.78, 5) is 11.9. The van der Waals surface area contributed by atoms with E-state index in [9.17, 15) is 9.90 Å². The zero-order valence-electron chi connectivity index (χ0n) is 11.2. The lowest BCUT2D eigenvalue weighted by Crippen LogP contribution is -2.61. The Labute approximate surface area is 113 Å². The van der Waals surface area contributed by atoms with E-state index in [1.807, 2.05) is 19.9 Å². The van der Waals surface area contributed by atoms with Crippen LogP contribution in [0.3, 0.4) is 0 Å². The Morgan fingerprint density at radius 3 is 2.58 bits per heavy atom. The molecule has 0 bridgehead atoms. The van der Waals surface area contributed by atoms with Gasteiger partial charge in [0.05, 0.1) is 24.2 Å². The standard InChI is InChI=1S/C15H18N2O2/c1-15(2)12(8-13(15)18)17-14(19)7-10-3-5-11(9-16)6-4-10/h3-6,12-13,18H,7-8H2,1-2H3,(H,17,19). The molecular weight excluding hydrogens is 240 g/mol. The van der Waals surface area contributed by atoms with E-state index in [2.05, 4.69) is 5.32 Å². The third kappa shape index (κ3) is 2.77. The maximum Gasteiger partial charge on any atom is 0.224 e. The van der Waals surface area contributed by atoms with Crippen molar-refractivity contribution in [3.8, 4) is 6.07 Å². The molecular formula is C15H18N2O2. The molecule has 2 rings (SSSR count). The van der Waals surface area contributed by atoms with E-state index in [1.165, 1.54) is 0 Å². The lowest BCUT2D eigenvalue weighted by Gasteiger charge is -2.49. The fraction of sp³-hybridized carbons (Fsp3) is 0.467. The molecule has 1 aromatic rings. The van der Waals surface area contributed by atoms with E-state index in [4.69, 9.17) is 5.26 Å². The van der Waals surface area contributed by atoms with Gasteiger partial charge < -0.3 is 10.4 Å². The minimum atomic E-state index is -0.340. The van der Waals surface area contributed by atoms with Crippen LogP contribution in [-0.2, 0) is 11.2 Å². The van der Waals surface area contributed by atoms with Gasteiger partial charge in [-0.1, -0.05) is 26.0 Å². The number of carbonyl (C=O) groups is 1. The zero-order valence-corrected chi connectivity index (χ0v) is 11.2. The van der Waals surface area contributed by atoms with Gasteiger partial charge in [-0.25, -0.2) is 0 Å². The summed E-state index contributed by atoms with van der Waals surface area (Å²) < 4.78 is 0. The monoisotopic (exact) mass is 258 g/mol. The smallest absolute Gasteiger partial charge is 0.224 e. The molecule has 19 heavy (non-hydrogen) atoms. The summed E-state index contributed by atoms with van der Waals surface area (Å²) >= 11 is 0. The predicted molar refractivity (Wildman–Crippen MR) is 71.2 cm³/mol. The Kier molecular flexibility index (Phi) is 3.59. The highest BCUT2D eigenvalue weighted by Gasteiger charge is 2.47. The van der Waals surface area contributed by atoms with Gasteiger partial charge in [0.25, 0.3) is 0 Å². The number of aliphatic hydroxyl groups is 1. The van der Waals surface area contributed by atoms with Crippen LogP contribution in [0.5, 0.6) is 0 Å². The molecule has 0 aromatic heterocycles. The predicted octanol–water partition coefficient (Wildman–Crippen LogP) is 1.38. The molecule has 0 spiro atoms. The normalized spacial score (nSPS) is 24.1. The first-order valence-corrected chi connectivity index (χ1v) is 6.40. The molecule has 2 N–H and O–H groups in total. The Balaban J connectivity index is 1.90. The SMILES string of the molecule is CC1(C)C(O)CC1NC(=O)Cc1ccc(C#N)cc1. The van der Waals surface area contributed by atoms with Gasteiger partial charge in [0.2, 0.25) is 5.91 Å². The van der Waals surface area contributed by atoms with E-state index in [1.54, 1.807) is 24.3 Å². The van der Waals surface area contributed by atoms with Crippen molar-refractivity contribution in [3.05, 3.63) is 35.4 Å². The molecule has 1 aliphatic carbocycles. The Hall–Kier alpha value is -1.86. The minimum absolute atomic E-state index is 0.0355. The maximum absolute atomic E-state index is 11.9. The second kappa shape index (κ2) is 5.02. The Bertz CT molecular complexity index is 514. The van der Waals surface area contributed by atoms with Crippen LogP contribution < -0.4 is 5.32 Å². The summed E-state index contributed by atoms with van der Waals surface area (Å²) in [5.74, 6) is -0.0466. The van der Waals surface area contributed by atoms with Gasteiger partial charge in [0, 0.05) is 11.5 Å². The second-order valence-electron chi connectivity index (χ2n) is 5.68. The number of carbonyl (C=O) groups excluding carboxylic acids is 1. The fourth-order valence-corrected chi connectivity index (χ4v) is 2.28. The van der Waals surface area contributed by atoms with E-state index < -0.39 is 0 Å². The maximum atomic E-state index is 11.9. The lowest BCUT2D eigenvalue weighted by atomic mass is 9.64. The van der Waals surface area contributed by atoms with Gasteiger partial charge in [0.1, 0.15) is 0 Å². The minimum Gasteiger partial charge on any atom is -0.392 e. The third-order valence-corrected chi connectivity index (χ3v) is 4.00. The Morgan fingerprint density at radius 2 is 2.11 bits per heavy atom. The van der Waals surface area contributed by atoms with Crippen LogP contribution in [0.25, 0.3) is 0 Å². The first kappa shape index (κ1) is 13.6. The molecule has 2 unspecified atom stereocenters. The summed E-state index contributed by atoms with van der Waals surface area (Å²) in [6.07, 6.45) is 0.577. The molecule has 1 aliphatic rings. The summed E-state index contributed by atoms with van der Waals surface area (Å²) in [5.41, 5.74) is 1.22. The second-order valence-corrected chi connectivity index (χ2v) is 5.68. The van der Waals surface area contributed by atoms with Crippen LogP contribution in [0.15, 0.2) is 24.3 Å². The molecule has 0 saturated heterocycles. The van der Waals surface area contributed by atoms with Crippen LogP contribution in [0.4, 0.5) is 0 Å². The summed E-state index contributed by atoms with van der Waals surface area (Å²) in [6.45, 7) is 3.90.